The van der Waals surface area contributed by atoms with Gasteiger partial charge in [0.25, 0.3) is 0 Å². The highest BCUT2D eigenvalue weighted by molar-refractivity contribution is 6.30. The van der Waals surface area contributed by atoms with Crippen LogP contribution in [-0.2, 0) is 49.4 Å². The lowest BCUT2D eigenvalue weighted by Crippen LogP contribution is -2.17. The third-order valence-electron chi connectivity index (χ3n) is 20.5. The Labute approximate surface area is 531 Å². The summed E-state index contributed by atoms with van der Waals surface area (Å²) in [6.07, 6.45) is 13.2. The van der Waals surface area contributed by atoms with E-state index in [1.165, 1.54) is 192 Å². The predicted octanol–water partition coefficient (Wildman–Crippen LogP) is 24.0. The summed E-state index contributed by atoms with van der Waals surface area (Å²) in [4.78, 5) is 5.48. The molecule has 0 spiro atoms. The Hall–Kier alpha value is -9.12. The Balaban J connectivity index is 1.01. The Kier molecular flexibility index (Phi) is 13.6. The van der Waals surface area contributed by atoms with Gasteiger partial charge in [-0.25, -0.2) is 0 Å². The number of aryl methyl sites for hydroxylation is 4. The predicted molar refractivity (Wildman–Crippen MR) is 387 cm³/mol. The van der Waals surface area contributed by atoms with Gasteiger partial charge >= 0.3 is 0 Å². The fourth-order valence-corrected chi connectivity index (χ4v) is 16.3. The van der Waals surface area contributed by atoms with Crippen LogP contribution < -0.4 is 9.80 Å². The first-order valence-corrected chi connectivity index (χ1v) is 33.7. The van der Waals surface area contributed by atoms with Crippen LogP contribution in [0.2, 0.25) is 0 Å². The van der Waals surface area contributed by atoms with Gasteiger partial charge in [-0.2, -0.15) is 0 Å². The molecule has 2 aromatic heterocycles. The molecule has 0 saturated heterocycles. The number of aromatic nitrogens is 2. The molecule has 0 aliphatic heterocycles. The van der Waals surface area contributed by atoms with Gasteiger partial charge in [-0.05, 0) is 226 Å². The summed E-state index contributed by atoms with van der Waals surface area (Å²) in [5.41, 5.74) is 26.2. The van der Waals surface area contributed by atoms with Gasteiger partial charge < -0.3 is 18.9 Å². The van der Waals surface area contributed by atoms with Crippen LogP contribution in [0.4, 0.5) is 34.1 Å². The molecule has 0 N–H and O–H groups in total. The minimum absolute atomic E-state index is 0.000972. The van der Waals surface area contributed by atoms with Gasteiger partial charge in [0.2, 0.25) is 0 Å². The number of rotatable bonds is 12. The summed E-state index contributed by atoms with van der Waals surface area (Å²) in [5, 5.41) is 13.1. The van der Waals surface area contributed by atoms with Gasteiger partial charge in [0.1, 0.15) is 0 Å². The van der Waals surface area contributed by atoms with E-state index in [1.54, 1.807) is 0 Å². The number of benzene rings is 12. The van der Waals surface area contributed by atoms with E-state index in [-0.39, 0.29) is 10.8 Å². The van der Waals surface area contributed by atoms with E-state index in [9.17, 15) is 0 Å². The molecule has 90 heavy (non-hydrogen) atoms. The molecule has 0 fully saturated rings. The van der Waals surface area contributed by atoms with E-state index in [1.807, 2.05) is 0 Å². The quantitative estimate of drug-likeness (QED) is 0.113. The molecule has 12 aromatic carbocycles. The van der Waals surface area contributed by atoms with Gasteiger partial charge in [-0.1, -0.05) is 190 Å². The average Bonchev–Trinajstić information content (AvgIpc) is 0.894. The molecule has 14 aromatic rings. The van der Waals surface area contributed by atoms with Crippen molar-refractivity contribution in [3.8, 4) is 11.4 Å². The summed E-state index contributed by atoms with van der Waals surface area (Å²) in [7, 11) is 0. The standard InChI is InChI=1S/C86H82N4/c1-9-25-57-51-79(89(71-41-19-29-55-27-11-13-35-63(55)71)77-45-23-43-75-83(77)67-37-15-17-39-73(67)87(75)61-33-21-31-59(53-61)85(3,4)5)69-50-48-66-58(26-10-2)52-80(70-49-47-65(57)81(69)82(66)70)90(72-42-20-30-56-28-12-14-36-64(56)72)78-46-24-44-76-84(78)68-38-16-18-40-74(68)88(76)62-34-22-32-60(54-62)86(6,7)8/h15-24,29-34,37-54H,9-14,25-28,35-36H2,1-8H3. The number of nitrogens with zero attached hydrogens (tertiary/aromatic N) is 4. The zero-order valence-corrected chi connectivity index (χ0v) is 53.9. The Morgan fingerprint density at radius 3 is 1.13 bits per heavy atom. The molecule has 0 saturated carbocycles. The van der Waals surface area contributed by atoms with Crippen LogP contribution in [0.1, 0.15) is 138 Å². The SMILES string of the molecule is CCCc1cc(N(c2cccc3c2CCCC3)c2cccc3c2c2ccccc2n3-c2cccc(C(C)(C)C)c2)c2ccc3c(CCC)cc(N(c4cccc5c4CCCC5)c4cccc5c4c4ccccc4n5-c4cccc(C(C)(C)C)c4)c4ccc1c2c34. The van der Waals surface area contributed by atoms with Crippen molar-refractivity contribution < 1.29 is 0 Å². The molecule has 2 aliphatic carbocycles. The van der Waals surface area contributed by atoms with Crippen LogP contribution in [0.3, 0.4) is 0 Å². The Bertz CT molecular complexity index is 4820. The Morgan fingerprint density at radius 2 is 0.700 bits per heavy atom. The second-order valence-corrected chi connectivity index (χ2v) is 28.2. The summed E-state index contributed by atoms with van der Waals surface area (Å²) in [5.74, 6) is 0. The molecular weight excluding hydrogens is 1090 g/mol. The van der Waals surface area contributed by atoms with Crippen molar-refractivity contribution in [1.29, 1.82) is 0 Å². The van der Waals surface area contributed by atoms with Gasteiger partial charge in [-0.3, -0.25) is 0 Å². The zero-order chi connectivity index (χ0) is 61.2. The van der Waals surface area contributed by atoms with Gasteiger partial charge in [0.15, 0.2) is 0 Å². The van der Waals surface area contributed by atoms with E-state index < -0.39 is 0 Å². The van der Waals surface area contributed by atoms with Crippen molar-refractivity contribution in [2.45, 2.75) is 143 Å². The van der Waals surface area contributed by atoms with Gasteiger partial charge in [-0.15, -0.1) is 0 Å². The monoisotopic (exact) mass is 1170 g/mol. The number of hydrogen-bond acceptors (Lipinski definition) is 2. The minimum atomic E-state index is 0.000972. The molecule has 16 rings (SSSR count). The molecule has 2 aliphatic rings. The van der Waals surface area contributed by atoms with E-state index in [4.69, 9.17) is 0 Å². The highest BCUT2D eigenvalue weighted by atomic mass is 15.2. The van der Waals surface area contributed by atoms with Crippen LogP contribution in [0.5, 0.6) is 0 Å². The van der Waals surface area contributed by atoms with E-state index in [2.05, 4.69) is 281 Å². The second kappa shape index (κ2) is 21.8. The molecule has 0 bridgehead atoms. The lowest BCUT2D eigenvalue weighted by Gasteiger charge is -2.34. The zero-order valence-electron chi connectivity index (χ0n) is 53.9. The van der Waals surface area contributed by atoms with E-state index in [0.29, 0.717) is 0 Å². The summed E-state index contributed by atoms with van der Waals surface area (Å²) < 4.78 is 5.06. The van der Waals surface area contributed by atoms with Crippen LogP contribution in [0, 0.1) is 0 Å². The number of para-hydroxylation sites is 2. The average molecular weight is 1170 g/mol. The molecule has 0 unspecified atom stereocenters. The maximum atomic E-state index is 2.74. The van der Waals surface area contributed by atoms with E-state index >= 15 is 0 Å². The molecule has 446 valence electrons. The lowest BCUT2D eigenvalue weighted by molar-refractivity contribution is 0.589. The van der Waals surface area contributed by atoms with Crippen LogP contribution in [0.15, 0.2) is 206 Å². The normalized spacial score (nSPS) is 13.8. The maximum absolute atomic E-state index is 2.74. The molecule has 0 amide bonds. The largest absolute Gasteiger partial charge is 0.309 e. The van der Waals surface area contributed by atoms with E-state index in [0.717, 1.165) is 51.4 Å². The van der Waals surface area contributed by atoms with Crippen molar-refractivity contribution in [2.24, 2.45) is 0 Å². The van der Waals surface area contributed by atoms with Crippen LogP contribution in [0.25, 0.3) is 87.3 Å². The first-order valence-electron chi connectivity index (χ1n) is 33.7. The summed E-state index contributed by atoms with van der Waals surface area (Å²) in [6, 6.07) is 80.8. The molecule has 2 heterocycles. The van der Waals surface area contributed by atoms with Gasteiger partial charge in [0, 0.05) is 55.1 Å². The fourth-order valence-electron chi connectivity index (χ4n) is 16.3. The first-order chi connectivity index (χ1) is 43.9. The lowest BCUT2D eigenvalue weighted by atomic mass is 9.85. The number of anilines is 6. The van der Waals surface area contributed by atoms with Crippen molar-refractivity contribution in [3.05, 3.63) is 251 Å². The molecular formula is C86H82N4. The third-order valence-corrected chi connectivity index (χ3v) is 20.5. The highest BCUT2D eigenvalue weighted by Crippen LogP contribution is 2.54. The number of hydrogen-bond donors (Lipinski definition) is 0. The van der Waals surface area contributed by atoms with Crippen molar-refractivity contribution in [3.63, 3.8) is 0 Å². The molecule has 4 heteroatoms. The van der Waals surface area contributed by atoms with Crippen LogP contribution in [-0.4, -0.2) is 9.13 Å². The van der Waals surface area contributed by atoms with Crippen LogP contribution >= 0.6 is 0 Å². The molecule has 4 nitrogen and oxygen atoms in total. The van der Waals surface area contributed by atoms with Gasteiger partial charge in [0.05, 0.1) is 44.8 Å². The number of fused-ring (bicyclic) bond motifs is 8. The maximum Gasteiger partial charge on any atom is 0.0562 e. The first kappa shape index (κ1) is 56.1. The summed E-state index contributed by atoms with van der Waals surface area (Å²) >= 11 is 0. The summed E-state index contributed by atoms with van der Waals surface area (Å²) in [6.45, 7) is 18.7. The molecule has 0 radical (unpaired) electrons. The highest BCUT2D eigenvalue weighted by Gasteiger charge is 2.32. The third kappa shape index (κ3) is 8.98. The molecule has 0 atom stereocenters. The Morgan fingerprint density at radius 1 is 0.322 bits per heavy atom. The fraction of sp³-hybridized carbons (Fsp3) is 0.256. The van der Waals surface area contributed by atoms with Crippen molar-refractivity contribution in [2.75, 3.05) is 9.80 Å². The van der Waals surface area contributed by atoms with Crippen molar-refractivity contribution >= 4 is 110 Å². The topological polar surface area (TPSA) is 16.3 Å². The minimum Gasteiger partial charge on any atom is -0.309 e. The second-order valence-electron chi connectivity index (χ2n) is 28.2. The van der Waals surface area contributed by atoms with Crippen molar-refractivity contribution in [1.82, 2.24) is 9.13 Å². The smallest absolute Gasteiger partial charge is 0.0562 e.